The molecule has 1 aromatic heterocycles. The molecule has 24 heavy (non-hydrogen) atoms. The van der Waals surface area contributed by atoms with Crippen molar-refractivity contribution < 1.29 is 13.5 Å². The highest BCUT2D eigenvalue weighted by Crippen LogP contribution is 2.28. The first-order chi connectivity index (χ1) is 11.7. The van der Waals surface area contributed by atoms with Crippen molar-refractivity contribution in [1.82, 2.24) is 9.88 Å². The number of aromatic amines is 1. The SMILES string of the molecule is CSc1ccc2[nH]cc(C[C@H]3CCCN3CCCOC(F)F)c2c1. The minimum absolute atomic E-state index is 0.130. The first-order valence-electron chi connectivity index (χ1n) is 8.45. The van der Waals surface area contributed by atoms with Crippen molar-refractivity contribution in [1.29, 1.82) is 0 Å². The Kier molecular flexibility index (Phi) is 6.14. The molecule has 1 fully saturated rings. The van der Waals surface area contributed by atoms with Crippen molar-refractivity contribution in [3.8, 4) is 0 Å². The summed E-state index contributed by atoms with van der Waals surface area (Å²) in [6.45, 7) is -0.644. The summed E-state index contributed by atoms with van der Waals surface area (Å²) in [5, 5.41) is 1.30. The number of likely N-dealkylation sites (tertiary alicyclic amines) is 1. The second-order valence-corrected chi connectivity index (χ2v) is 7.13. The van der Waals surface area contributed by atoms with Crippen LogP contribution in [0.2, 0.25) is 0 Å². The maximum Gasteiger partial charge on any atom is 0.345 e. The van der Waals surface area contributed by atoms with Gasteiger partial charge in [-0.15, -0.1) is 11.8 Å². The van der Waals surface area contributed by atoms with Crippen molar-refractivity contribution in [3.63, 3.8) is 0 Å². The third-order valence-corrected chi connectivity index (χ3v) is 5.49. The smallest absolute Gasteiger partial charge is 0.345 e. The van der Waals surface area contributed by atoms with Gasteiger partial charge in [-0.25, -0.2) is 0 Å². The van der Waals surface area contributed by atoms with Gasteiger partial charge in [0.1, 0.15) is 0 Å². The van der Waals surface area contributed by atoms with E-state index in [1.54, 1.807) is 11.8 Å². The molecule has 3 rings (SSSR count). The minimum Gasteiger partial charge on any atom is -0.361 e. The van der Waals surface area contributed by atoms with Gasteiger partial charge in [0, 0.05) is 34.6 Å². The number of aromatic nitrogens is 1. The van der Waals surface area contributed by atoms with Crippen LogP contribution in [-0.2, 0) is 11.2 Å². The van der Waals surface area contributed by atoms with Gasteiger partial charge in [0.25, 0.3) is 0 Å². The van der Waals surface area contributed by atoms with Gasteiger partial charge in [-0.1, -0.05) is 0 Å². The molecule has 132 valence electrons. The molecule has 0 unspecified atom stereocenters. The van der Waals surface area contributed by atoms with E-state index in [-0.39, 0.29) is 6.61 Å². The minimum atomic E-state index is -2.66. The largest absolute Gasteiger partial charge is 0.361 e. The van der Waals surface area contributed by atoms with E-state index >= 15 is 0 Å². The predicted octanol–water partition coefficient (Wildman–Crippen LogP) is 4.53. The quantitative estimate of drug-likeness (QED) is 0.558. The van der Waals surface area contributed by atoms with Crippen molar-refractivity contribution >= 4 is 22.7 Å². The van der Waals surface area contributed by atoms with Crippen molar-refractivity contribution in [2.24, 2.45) is 0 Å². The monoisotopic (exact) mass is 354 g/mol. The molecule has 1 saturated heterocycles. The lowest BCUT2D eigenvalue weighted by molar-refractivity contribution is -0.130. The molecule has 0 amide bonds. The molecule has 3 nitrogen and oxygen atoms in total. The number of rotatable bonds is 8. The molecule has 0 spiro atoms. The molecule has 1 N–H and O–H groups in total. The van der Waals surface area contributed by atoms with Crippen LogP contribution in [0, 0.1) is 0 Å². The number of fused-ring (bicyclic) bond motifs is 1. The van der Waals surface area contributed by atoms with Gasteiger partial charge in [-0.05, 0) is 62.2 Å². The number of H-pyrrole nitrogens is 1. The number of hydrogen-bond donors (Lipinski definition) is 1. The number of nitrogens with zero attached hydrogens (tertiary/aromatic N) is 1. The first-order valence-corrected chi connectivity index (χ1v) is 9.67. The van der Waals surface area contributed by atoms with Gasteiger partial charge >= 0.3 is 6.61 Å². The van der Waals surface area contributed by atoms with Gasteiger partial charge in [0.15, 0.2) is 0 Å². The fourth-order valence-electron chi connectivity index (χ4n) is 3.57. The number of halogens is 2. The highest BCUT2D eigenvalue weighted by molar-refractivity contribution is 7.98. The molecular formula is C18H24F2N2OS. The summed E-state index contributed by atoms with van der Waals surface area (Å²) >= 11 is 1.76. The summed E-state index contributed by atoms with van der Waals surface area (Å²) in [7, 11) is 0. The van der Waals surface area contributed by atoms with Crippen LogP contribution in [-0.4, -0.2) is 48.5 Å². The number of ether oxygens (including phenoxy) is 1. The summed E-state index contributed by atoms with van der Waals surface area (Å²) < 4.78 is 28.4. The van der Waals surface area contributed by atoms with Crippen LogP contribution in [0.3, 0.4) is 0 Å². The van der Waals surface area contributed by atoms with Crippen LogP contribution in [0.15, 0.2) is 29.3 Å². The summed E-state index contributed by atoms with van der Waals surface area (Å²) in [6, 6.07) is 7.02. The van der Waals surface area contributed by atoms with Gasteiger partial charge < -0.3 is 9.72 Å². The Hall–Kier alpha value is -1.11. The van der Waals surface area contributed by atoms with Gasteiger partial charge in [0.05, 0.1) is 6.61 Å². The lowest BCUT2D eigenvalue weighted by Gasteiger charge is -2.24. The maximum absolute atomic E-state index is 12.0. The van der Waals surface area contributed by atoms with Crippen molar-refractivity contribution in [2.75, 3.05) is 26.0 Å². The van der Waals surface area contributed by atoms with Crippen LogP contribution in [0.4, 0.5) is 8.78 Å². The standard InChI is InChI=1S/C18H24F2N2OS/c1-24-15-5-6-17-16(11-15)13(12-21-17)10-14-4-2-7-22(14)8-3-9-23-18(19)20/h5-6,11-12,14,18,21H,2-4,7-10H2,1H3/t14-/m1/s1. The summed E-state index contributed by atoms with van der Waals surface area (Å²) in [5.74, 6) is 0. The average molecular weight is 354 g/mol. The zero-order valence-corrected chi connectivity index (χ0v) is 14.7. The lowest BCUT2D eigenvalue weighted by atomic mass is 10.0. The fourth-order valence-corrected chi connectivity index (χ4v) is 4.01. The number of benzene rings is 1. The van der Waals surface area contributed by atoms with E-state index in [1.165, 1.54) is 34.2 Å². The first kappa shape index (κ1) is 17.7. The van der Waals surface area contributed by atoms with Crippen LogP contribution >= 0.6 is 11.8 Å². The second kappa shape index (κ2) is 8.32. The molecule has 0 aliphatic carbocycles. The average Bonchev–Trinajstić information content (AvgIpc) is 3.18. The highest BCUT2D eigenvalue weighted by atomic mass is 32.2. The molecule has 1 aromatic carbocycles. The van der Waals surface area contributed by atoms with E-state index in [4.69, 9.17) is 0 Å². The summed E-state index contributed by atoms with van der Waals surface area (Å²) in [4.78, 5) is 7.06. The number of thioether (sulfide) groups is 1. The molecule has 0 bridgehead atoms. The Morgan fingerprint density at radius 3 is 3.08 bits per heavy atom. The Bertz CT molecular complexity index is 662. The molecule has 0 radical (unpaired) electrons. The topological polar surface area (TPSA) is 28.3 Å². The van der Waals surface area contributed by atoms with Crippen molar-refractivity contribution in [3.05, 3.63) is 30.0 Å². The second-order valence-electron chi connectivity index (χ2n) is 6.25. The molecular weight excluding hydrogens is 330 g/mol. The molecule has 1 aliphatic rings. The molecule has 6 heteroatoms. The van der Waals surface area contributed by atoms with Crippen molar-refractivity contribution in [2.45, 2.75) is 43.2 Å². The highest BCUT2D eigenvalue weighted by Gasteiger charge is 2.25. The van der Waals surface area contributed by atoms with Crippen LogP contribution in [0.5, 0.6) is 0 Å². The molecule has 1 aliphatic heterocycles. The molecule has 0 saturated carbocycles. The number of alkyl halides is 2. The Balaban J connectivity index is 1.62. The number of nitrogens with one attached hydrogen (secondary N) is 1. The predicted molar refractivity (Wildman–Crippen MR) is 95.0 cm³/mol. The normalized spacial score (nSPS) is 18.9. The van der Waals surface area contributed by atoms with E-state index in [2.05, 4.69) is 45.3 Å². The van der Waals surface area contributed by atoms with Crippen LogP contribution in [0.1, 0.15) is 24.8 Å². The van der Waals surface area contributed by atoms with E-state index in [0.717, 1.165) is 19.5 Å². The van der Waals surface area contributed by atoms with Gasteiger partial charge in [0.2, 0.25) is 0 Å². The summed E-state index contributed by atoms with van der Waals surface area (Å²) in [5.41, 5.74) is 2.53. The zero-order chi connectivity index (χ0) is 16.9. The molecule has 2 heterocycles. The van der Waals surface area contributed by atoms with Gasteiger partial charge in [-0.2, -0.15) is 8.78 Å². The fraction of sp³-hybridized carbons (Fsp3) is 0.556. The Morgan fingerprint density at radius 2 is 2.29 bits per heavy atom. The van der Waals surface area contributed by atoms with Gasteiger partial charge in [-0.3, -0.25) is 4.90 Å². The van der Waals surface area contributed by atoms with Crippen LogP contribution in [0.25, 0.3) is 10.9 Å². The summed E-state index contributed by atoms with van der Waals surface area (Å²) in [6.07, 6.45) is 8.22. The molecule has 2 aromatic rings. The van der Waals surface area contributed by atoms with E-state index in [0.29, 0.717) is 12.5 Å². The third kappa shape index (κ3) is 4.29. The Labute approximate surface area is 145 Å². The van der Waals surface area contributed by atoms with Crippen LogP contribution < -0.4 is 0 Å². The lowest BCUT2D eigenvalue weighted by Crippen LogP contribution is -2.32. The zero-order valence-electron chi connectivity index (χ0n) is 13.9. The number of hydrogen-bond acceptors (Lipinski definition) is 3. The third-order valence-electron chi connectivity index (χ3n) is 4.76. The van der Waals surface area contributed by atoms with E-state index < -0.39 is 6.61 Å². The van der Waals surface area contributed by atoms with E-state index in [1.807, 2.05) is 0 Å². The van der Waals surface area contributed by atoms with E-state index in [9.17, 15) is 8.78 Å². The Morgan fingerprint density at radius 1 is 1.42 bits per heavy atom. The maximum atomic E-state index is 12.0. The molecule has 1 atom stereocenters.